The van der Waals surface area contributed by atoms with E-state index in [1.165, 1.54) is 5.56 Å². The molecule has 3 heterocycles. The van der Waals surface area contributed by atoms with Crippen LogP contribution in [0.4, 0.5) is 5.95 Å². The molecular formula is C17H18IN5S. The summed E-state index contributed by atoms with van der Waals surface area (Å²) >= 11 is 4.25. The standard InChI is InChI=1S/C17H18IN5S/c1-22-16-14(15(18)21-22)10-19-17(20-16)23-7-8-24-11-13(23)9-12-5-3-2-4-6-12/h2-6,10,13H,7-9,11H2,1H3/t13-/m1/s1. The van der Waals surface area contributed by atoms with Crippen molar-refractivity contribution in [3.05, 3.63) is 45.8 Å². The lowest BCUT2D eigenvalue weighted by Crippen LogP contribution is -2.44. The van der Waals surface area contributed by atoms with Crippen molar-refractivity contribution in [2.75, 3.05) is 23.0 Å². The van der Waals surface area contributed by atoms with Crippen LogP contribution in [0.1, 0.15) is 5.56 Å². The fourth-order valence-corrected chi connectivity index (χ4v) is 4.87. The maximum absolute atomic E-state index is 4.81. The number of benzene rings is 1. The van der Waals surface area contributed by atoms with Gasteiger partial charge in [-0.25, -0.2) is 9.67 Å². The summed E-state index contributed by atoms with van der Waals surface area (Å²) in [5.41, 5.74) is 2.27. The number of anilines is 1. The third kappa shape index (κ3) is 3.11. The molecule has 1 aliphatic rings. The third-order valence-corrected chi connectivity index (χ3v) is 6.21. The molecule has 0 bridgehead atoms. The van der Waals surface area contributed by atoms with Crippen LogP contribution >= 0.6 is 34.4 Å². The molecule has 0 amide bonds. The zero-order valence-electron chi connectivity index (χ0n) is 13.4. The molecule has 1 atom stereocenters. The Bertz CT molecular complexity index is 851. The molecule has 124 valence electrons. The van der Waals surface area contributed by atoms with Gasteiger partial charge in [-0.3, -0.25) is 0 Å². The number of fused-ring (bicyclic) bond motifs is 1. The Balaban J connectivity index is 1.66. The minimum atomic E-state index is 0.427. The molecule has 0 unspecified atom stereocenters. The molecule has 1 aliphatic heterocycles. The molecule has 5 nitrogen and oxygen atoms in total. The maximum Gasteiger partial charge on any atom is 0.227 e. The van der Waals surface area contributed by atoms with E-state index in [2.05, 4.69) is 67.9 Å². The third-order valence-electron chi connectivity index (χ3n) is 4.32. The van der Waals surface area contributed by atoms with Gasteiger partial charge < -0.3 is 4.90 Å². The summed E-state index contributed by atoms with van der Waals surface area (Å²) in [6.07, 6.45) is 2.94. The molecule has 0 N–H and O–H groups in total. The molecule has 0 saturated carbocycles. The molecule has 0 radical (unpaired) electrons. The Morgan fingerprint density at radius 3 is 2.96 bits per heavy atom. The van der Waals surface area contributed by atoms with Crippen LogP contribution in [0, 0.1) is 3.70 Å². The molecule has 0 spiro atoms. The second-order valence-corrected chi connectivity index (χ2v) is 8.11. The molecular weight excluding hydrogens is 433 g/mol. The number of nitrogens with zero attached hydrogens (tertiary/aromatic N) is 5. The van der Waals surface area contributed by atoms with Crippen molar-refractivity contribution >= 4 is 51.3 Å². The lowest BCUT2D eigenvalue weighted by molar-refractivity contribution is 0.627. The summed E-state index contributed by atoms with van der Waals surface area (Å²) in [7, 11) is 1.94. The van der Waals surface area contributed by atoms with Crippen LogP contribution in [0.2, 0.25) is 0 Å². The Morgan fingerprint density at radius 1 is 1.29 bits per heavy atom. The average Bonchev–Trinajstić information content (AvgIpc) is 2.90. The fourth-order valence-electron chi connectivity index (χ4n) is 3.10. The normalized spacial score (nSPS) is 18.2. The second kappa shape index (κ2) is 6.87. The van der Waals surface area contributed by atoms with Crippen LogP contribution in [0.25, 0.3) is 11.0 Å². The molecule has 1 saturated heterocycles. The van der Waals surface area contributed by atoms with Crippen molar-refractivity contribution in [1.29, 1.82) is 0 Å². The van der Waals surface area contributed by atoms with Crippen LogP contribution in [-0.4, -0.2) is 43.8 Å². The Hall–Kier alpha value is -1.35. The summed E-state index contributed by atoms with van der Waals surface area (Å²) in [6.45, 7) is 0.989. The zero-order chi connectivity index (χ0) is 16.5. The first-order valence-corrected chi connectivity index (χ1v) is 10.2. The van der Waals surface area contributed by atoms with E-state index in [1.807, 2.05) is 29.7 Å². The Kier molecular flexibility index (Phi) is 4.62. The molecule has 7 heteroatoms. The molecule has 0 aliphatic carbocycles. The van der Waals surface area contributed by atoms with Crippen LogP contribution < -0.4 is 4.90 Å². The number of hydrogen-bond acceptors (Lipinski definition) is 5. The molecule has 4 rings (SSSR count). The number of aromatic nitrogens is 4. The number of hydrogen-bond donors (Lipinski definition) is 0. The van der Waals surface area contributed by atoms with Crippen molar-refractivity contribution in [2.24, 2.45) is 7.05 Å². The molecule has 1 aromatic carbocycles. The second-order valence-electron chi connectivity index (χ2n) is 5.93. The average molecular weight is 451 g/mol. The number of thioether (sulfide) groups is 1. The largest absolute Gasteiger partial charge is 0.336 e. The Morgan fingerprint density at radius 2 is 2.12 bits per heavy atom. The van der Waals surface area contributed by atoms with Gasteiger partial charge in [-0.15, -0.1) is 0 Å². The summed E-state index contributed by atoms with van der Waals surface area (Å²) < 4.78 is 2.79. The van der Waals surface area contributed by atoms with E-state index >= 15 is 0 Å². The minimum absolute atomic E-state index is 0.427. The van der Waals surface area contributed by atoms with Gasteiger partial charge in [0.2, 0.25) is 5.95 Å². The predicted octanol–water partition coefficient (Wildman–Crippen LogP) is 3.13. The van der Waals surface area contributed by atoms with Gasteiger partial charge in [-0.1, -0.05) is 30.3 Å². The summed E-state index contributed by atoms with van der Waals surface area (Å²) in [6, 6.07) is 11.1. The first-order chi connectivity index (χ1) is 11.7. The zero-order valence-corrected chi connectivity index (χ0v) is 16.4. The van der Waals surface area contributed by atoms with Gasteiger partial charge in [0, 0.05) is 37.3 Å². The highest BCUT2D eigenvalue weighted by atomic mass is 127. The van der Waals surface area contributed by atoms with E-state index in [1.54, 1.807) is 0 Å². The van der Waals surface area contributed by atoms with Gasteiger partial charge >= 0.3 is 0 Å². The van der Waals surface area contributed by atoms with Crippen LogP contribution in [-0.2, 0) is 13.5 Å². The van der Waals surface area contributed by atoms with E-state index in [9.17, 15) is 0 Å². The van der Waals surface area contributed by atoms with Gasteiger partial charge in [0.25, 0.3) is 0 Å². The predicted molar refractivity (Wildman–Crippen MR) is 108 cm³/mol. The van der Waals surface area contributed by atoms with Gasteiger partial charge in [0.15, 0.2) is 5.65 Å². The quantitative estimate of drug-likeness (QED) is 0.573. The van der Waals surface area contributed by atoms with Gasteiger partial charge in [-0.05, 0) is 34.6 Å². The smallest absolute Gasteiger partial charge is 0.227 e. The van der Waals surface area contributed by atoms with Gasteiger partial charge in [-0.2, -0.15) is 21.8 Å². The number of halogens is 1. The topological polar surface area (TPSA) is 46.8 Å². The van der Waals surface area contributed by atoms with E-state index in [0.717, 1.165) is 45.2 Å². The fraction of sp³-hybridized carbons (Fsp3) is 0.353. The maximum atomic E-state index is 4.81. The Labute approximate surface area is 159 Å². The summed E-state index contributed by atoms with van der Waals surface area (Å²) in [4.78, 5) is 11.8. The SMILES string of the molecule is Cn1nc(I)c2cnc(N3CCSC[C@H]3Cc3ccccc3)nc21. The van der Waals surface area contributed by atoms with E-state index in [4.69, 9.17) is 4.98 Å². The van der Waals surface area contributed by atoms with Crippen LogP contribution in [0.5, 0.6) is 0 Å². The highest BCUT2D eigenvalue weighted by Crippen LogP contribution is 2.26. The molecule has 2 aromatic heterocycles. The number of rotatable bonds is 3. The van der Waals surface area contributed by atoms with Crippen LogP contribution in [0.15, 0.2) is 36.5 Å². The van der Waals surface area contributed by atoms with Gasteiger partial charge in [0.05, 0.1) is 5.39 Å². The summed E-state index contributed by atoms with van der Waals surface area (Å²) in [5.74, 6) is 3.05. The van der Waals surface area contributed by atoms with E-state index < -0.39 is 0 Å². The number of aryl methyl sites for hydroxylation is 1. The summed E-state index contributed by atoms with van der Waals surface area (Å²) in [5, 5.41) is 5.46. The monoisotopic (exact) mass is 451 g/mol. The molecule has 1 fully saturated rings. The van der Waals surface area contributed by atoms with Crippen molar-refractivity contribution in [2.45, 2.75) is 12.5 Å². The highest BCUT2D eigenvalue weighted by molar-refractivity contribution is 14.1. The van der Waals surface area contributed by atoms with Crippen molar-refractivity contribution in [3.63, 3.8) is 0 Å². The van der Waals surface area contributed by atoms with Crippen molar-refractivity contribution < 1.29 is 0 Å². The first kappa shape index (κ1) is 16.1. The van der Waals surface area contributed by atoms with Gasteiger partial charge in [0.1, 0.15) is 3.70 Å². The highest BCUT2D eigenvalue weighted by Gasteiger charge is 2.26. The van der Waals surface area contributed by atoms with Crippen LogP contribution in [0.3, 0.4) is 0 Å². The lowest BCUT2D eigenvalue weighted by Gasteiger charge is -2.35. The molecule has 24 heavy (non-hydrogen) atoms. The van der Waals surface area contributed by atoms with E-state index in [-0.39, 0.29) is 0 Å². The van der Waals surface area contributed by atoms with Crippen molar-refractivity contribution in [3.8, 4) is 0 Å². The minimum Gasteiger partial charge on any atom is -0.336 e. The molecule has 3 aromatic rings. The lowest BCUT2D eigenvalue weighted by atomic mass is 10.1. The van der Waals surface area contributed by atoms with Crippen molar-refractivity contribution in [1.82, 2.24) is 19.7 Å². The van der Waals surface area contributed by atoms with E-state index in [0.29, 0.717) is 6.04 Å². The first-order valence-electron chi connectivity index (χ1n) is 7.96.